The summed E-state index contributed by atoms with van der Waals surface area (Å²) in [6.45, 7) is 1.55. The number of benzene rings is 2. The van der Waals surface area contributed by atoms with Crippen molar-refractivity contribution >= 4 is 11.6 Å². The van der Waals surface area contributed by atoms with E-state index >= 15 is 0 Å². The third-order valence-electron chi connectivity index (χ3n) is 4.56. The lowest BCUT2D eigenvalue weighted by Crippen LogP contribution is -2.24. The number of ether oxygens (including phenoxy) is 2. The Kier molecular flexibility index (Phi) is 4.05. The second-order valence-corrected chi connectivity index (χ2v) is 6.32. The maximum Gasteiger partial charge on any atom is 0.416 e. The first-order chi connectivity index (χ1) is 12.8. The number of hydrogen-bond acceptors (Lipinski definition) is 4. The van der Waals surface area contributed by atoms with Gasteiger partial charge >= 0.3 is 6.18 Å². The van der Waals surface area contributed by atoms with Gasteiger partial charge in [-0.15, -0.1) is 0 Å². The molecule has 27 heavy (non-hydrogen) atoms. The molecule has 4 rings (SSSR count). The normalized spacial score (nSPS) is 18.6. The zero-order valence-corrected chi connectivity index (χ0v) is 14.3. The van der Waals surface area contributed by atoms with Crippen molar-refractivity contribution in [2.24, 2.45) is 5.10 Å². The molecule has 2 aromatic rings. The number of carbonyl (C=O) groups is 1. The summed E-state index contributed by atoms with van der Waals surface area (Å²) in [6.07, 6.45) is -4.00. The number of fused-ring (bicyclic) bond motifs is 1. The molecule has 0 bridgehead atoms. The van der Waals surface area contributed by atoms with Gasteiger partial charge in [0.2, 0.25) is 12.7 Å². The van der Waals surface area contributed by atoms with Gasteiger partial charge < -0.3 is 9.47 Å². The number of amides is 1. The van der Waals surface area contributed by atoms with Crippen molar-refractivity contribution in [3.8, 4) is 11.5 Å². The van der Waals surface area contributed by atoms with Crippen LogP contribution in [0.5, 0.6) is 11.5 Å². The van der Waals surface area contributed by atoms with Gasteiger partial charge in [0, 0.05) is 13.3 Å². The molecule has 8 heteroatoms. The van der Waals surface area contributed by atoms with Crippen LogP contribution >= 0.6 is 0 Å². The molecular formula is C19H15F3N2O3. The highest BCUT2D eigenvalue weighted by atomic mass is 19.4. The van der Waals surface area contributed by atoms with Gasteiger partial charge in [-0.2, -0.15) is 18.3 Å². The molecular weight excluding hydrogens is 361 g/mol. The molecule has 0 spiro atoms. The second kappa shape index (κ2) is 6.29. The van der Waals surface area contributed by atoms with E-state index in [1.807, 2.05) is 6.07 Å². The van der Waals surface area contributed by atoms with E-state index in [0.717, 1.165) is 17.7 Å². The minimum atomic E-state index is -4.39. The standard InChI is InChI=1S/C19H15F3N2O3/c1-11(25)24-16(13-4-7-17-18(8-13)27-10-26-17)9-15(23-24)12-2-5-14(6-3-12)19(20,21)22/h2-8,16H,9-10H2,1H3. The number of nitrogens with zero attached hydrogens (tertiary/aromatic N) is 2. The minimum Gasteiger partial charge on any atom is -0.454 e. The highest BCUT2D eigenvalue weighted by Crippen LogP contribution is 2.39. The Morgan fingerprint density at radius 3 is 2.48 bits per heavy atom. The Morgan fingerprint density at radius 2 is 1.81 bits per heavy atom. The number of hydrazone groups is 1. The number of halogens is 3. The summed E-state index contributed by atoms with van der Waals surface area (Å²) in [6, 6.07) is 9.84. The molecule has 0 saturated carbocycles. The van der Waals surface area contributed by atoms with Gasteiger partial charge in [-0.05, 0) is 35.4 Å². The van der Waals surface area contributed by atoms with Gasteiger partial charge in [0.05, 0.1) is 17.3 Å². The lowest BCUT2D eigenvalue weighted by molar-refractivity contribution is -0.137. The van der Waals surface area contributed by atoms with Crippen molar-refractivity contribution in [2.75, 3.05) is 6.79 Å². The third kappa shape index (κ3) is 3.22. The van der Waals surface area contributed by atoms with Gasteiger partial charge in [-0.3, -0.25) is 4.79 Å². The van der Waals surface area contributed by atoms with Gasteiger partial charge in [-0.1, -0.05) is 18.2 Å². The molecule has 1 unspecified atom stereocenters. The van der Waals surface area contributed by atoms with E-state index in [1.54, 1.807) is 12.1 Å². The van der Waals surface area contributed by atoms with Gasteiger partial charge in [0.1, 0.15) is 0 Å². The van der Waals surface area contributed by atoms with Crippen LogP contribution in [-0.2, 0) is 11.0 Å². The van der Waals surface area contributed by atoms with Crippen LogP contribution in [0.15, 0.2) is 47.6 Å². The summed E-state index contributed by atoms with van der Waals surface area (Å²) in [5.74, 6) is 0.980. The Labute approximate surface area is 153 Å². The summed E-state index contributed by atoms with van der Waals surface area (Å²) in [5.41, 5.74) is 1.21. The third-order valence-corrected chi connectivity index (χ3v) is 4.56. The molecule has 2 aliphatic heterocycles. The number of rotatable bonds is 2. The van der Waals surface area contributed by atoms with Crippen LogP contribution in [0, 0.1) is 0 Å². The summed E-state index contributed by atoms with van der Waals surface area (Å²) in [7, 11) is 0. The van der Waals surface area contributed by atoms with Crippen molar-refractivity contribution in [1.29, 1.82) is 0 Å². The van der Waals surface area contributed by atoms with E-state index in [0.29, 0.717) is 29.2 Å². The van der Waals surface area contributed by atoms with E-state index in [-0.39, 0.29) is 18.7 Å². The largest absolute Gasteiger partial charge is 0.454 e. The lowest BCUT2D eigenvalue weighted by Gasteiger charge is -2.20. The van der Waals surface area contributed by atoms with Gasteiger partial charge in [-0.25, -0.2) is 5.01 Å². The van der Waals surface area contributed by atoms with E-state index in [9.17, 15) is 18.0 Å². The molecule has 5 nitrogen and oxygen atoms in total. The smallest absolute Gasteiger partial charge is 0.416 e. The fourth-order valence-corrected chi connectivity index (χ4v) is 3.21. The topological polar surface area (TPSA) is 51.1 Å². The van der Waals surface area contributed by atoms with Gasteiger partial charge in [0.15, 0.2) is 11.5 Å². The quantitative estimate of drug-likeness (QED) is 0.792. The first kappa shape index (κ1) is 17.4. The monoisotopic (exact) mass is 376 g/mol. The molecule has 0 aliphatic carbocycles. The molecule has 0 aromatic heterocycles. The van der Waals surface area contributed by atoms with Crippen LogP contribution in [0.4, 0.5) is 13.2 Å². The van der Waals surface area contributed by atoms with Crippen molar-refractivity contribution < 1.29 is 27.4 Å². The van der Waals surface area contributed by atoms with Crippen LogP contribution in [0.2, 0.25) is 0 Å². The van der Waals surface area contributed by atoms with Crippen LogP contribution in [0.1, 0.15) is 36.1 Å². The predicted molar refractivity (Wildman–Crippen MR) is 90.4 cm³/mol. The number of hydrogen-bond donors (Lipinski definition) is 0. The van der Waals surface area contributed by atoms with Crippen molar-refractivity contribution in [3.05, 3.63) is 59.2 Å². The zero-order valence-electron chi connectivity index (χ0n) is 14.3. The second-order valence-electron chi connectivity index (χ2n) is 6.32. The molecule has 0 N–H and O–H groups in total. The summed E-state index contributed by atoms with van der Waals surface area (Å²) in [5, 5.41) is 5.70. The Balaban J connectivity index is 1.63. The molecule has 140 valence electrons. The van der Waals surface area contributed by atoms with Crippen LogP contribution in [0.25, 0.3) is 0 Å². The highest BCUT2D eigenvalue weighted by Gasteiger charge is 2.34. The fourth-order valence-electron chi connectivity index (χ4n) is 3.21. The van der Waals surface area contributed by atoms with E-state index in [2.05, 4.69) is 5.10 Å². The molecule has 0 saturated heterocycles. The summed E-state index contributed by atoms with van der Waals surface area (Å²) >= 11 is 0. The highest BCUT2D eigenvalue weighted by molar-refractivity contribution is 6.03. The fraction of sp³-hybridized carbons (Fsp3) is 0.263. The SMILES string of the molecule is CC(=O)N1N=C(c2ccc(C(F)(F)F)cc2)CC1c1ccc2c(c1)OCO2. The Morgan fingerprint density at radius 1 is 1.11 bits per heavy atom. The summed E-state index contributed by atoms with van der Waals surface area (Å²) < 4.78 is 48.9. The van der Waals surface area contributed by atoms with Crippen LogP contribution in [-0.4, -0.2) is 23.4 Å². The van der Waals surface area contributed by atoms with Crippen LogP contribution in [0.3, 0.4) is 0 Å². The van der Waals surface area contributed by atoms with Crippen molar-refractivity contribution in [1.82, 2.24) is 5.01 Å². The average molecular weight is 376 g/mol. The first-order valence-corrected chi connectivity index (χ1v) is 8.27. The summed E-state index contributed by atoms with van der Waals surface area (Å²) in [4.78, 5) is 12.0. The Hall–Kier alpha value is -3.03. The van der Waals surface area contributed by atoms with Crippen LogP contribution < -0.4 is 9.47 Å². The number of alkyl halides is 3. The maximum atomic E-state index is 12.8. The first-order valence-electron chi connectivity index (χ1n) is 8.27. The van der Waals surface area contributed by atoms with E-state index in [1.165, 1.54) is 24.1 Å². The van der Waals surface area contributed by atoms with Crippen molar-refractivity contribution in [3.63, 3.8) is 0 Å². The Bertz CT molecular complexity index is 923. The maximum absolute atomic E-state index is 12.8. The molecule has 2 heterocycles. The lowest BCUT2D eigenvalue weighted by atomic mass is 9.97. The van der Waals surface area contributed by atoms with E-state index in [4.69, 9.17) is 9.47 Å². The molecule has 0 radical (unpaired) electrons. The molecule has 2 aliphatic rings. The molecule has 1 atom stereocenters. The van der Waals surface area contributed by atoms with Gasteiger partial charge in [0.25, 0.3) is 0 Å². The minimum absolute atomic E-state index is 0.146. The number of carbonyl (C=O) groups excluding carboxylic acids is 1. The molecule has 0 fully saturated rings. The molecule has 2 aromatic carbocycles. The predicted octanol–water partition coefficient (Wildman–Crippen LogP) is 4.13. The zero-order chi connectivity index (χ0) is 19.2. The van der Waals surface area contributed by atoms with E-state index < -0.39 is 11.7 Å². The van der Waals surface area contributed by atoms with Crippen molar-refractivity contribution in [2.45, 2.75) is 25.6 Å². The molecule has 1 amide bonds. The average Bonchev–Trinajstić information content (AvgIpc) is 3.27.